The number of thioether (sulfide) groups is 1. The lowest BCUT2D eigenvalue weighted by Crippen LogP contribution is -2.36. The Kier molecular flexibility index (Phi) is 9.37. The molecule has 202 valence electrons. The van der Waals surface area contributed by atoms with Gasteiger partial charge in [0.25, 0.3) is 11.1 Å². The Bertz CT molecular complexity index is 1460. The van der Waals surface area contributed by atoms with E-state index in [1.54, 1.807) is 36.4 Å². The minimum absolute atomic E-state index is 0.212. The highest BCUT2D eigenvalue weighted by atomic mass is 79.9. The predicted octanol–water partition coefficient (Wildman–Crippen LogP) is 7.37. The number of halogens is 2. The zero-order valence-corrected chi connectivity index (χ0v) is 24.7. The smallest absolute Gasteiger partial charge is 0.294 e. The summed E-state index contributed by atoms with van der Waals surface area (Å²) in [7, 11) is 0. The van der Waals surface area contributed by atoms with Crippen molar-refractivity contribution in [3.05, 3.63) is 91.3 Å². The molecule has 0 bridgehead atoms. The zero-order valence-electron chi connectivity index (χ0n) is 21.5. The summed E-state index contributed by atoms with van der Waals surface area (Å²) < 4.78 is 12.4. The molecule has 1 N–H and O–H groups in total. The van der Waals surface area contributed by atoms with Crippen LogP contribution >= 0.6 is 39.3 Å². The number of carbonyl (C=O) groups excluding carboxylic acids is 3. The van der Waals surface area contributed by atoms with Gasteiger partial charge >= 0.3 is 0 Å². The summed E-state index contributed by atoms with van der Waals surface area (Å²) in [5, 5.41) is 2.91. The van der Waals surface area contributed by atoms with Crippen LogP contribution in [0.25, 0.3) is 6.08 Å². The van der Waals surface area contributed by atoms with Gasteiger partial charge < -0.3 is 14.8 Å². The highest BCUT2D eigenvalue weighted by molar-refractivity contribution is 9.10. The van der Waals surface area contributed by atoms with Gasteiger partial charge in [0, 0.05) is 10.7 Å². The van der Waals surface area contributed by atoms with Gasteiger partial charge in [-0.3, -0.25) is 19.3 Å². The Morgan fingerprint density at radius 2 is 1.82 bits per heavy atom. The number of rotatable bonds is 9. The van der Waals surface area contributed by atoms with E-state index in [0.29, 0.717) is 45.5 Å². The molecule has 0 aliphatic carbocycles. The van der Waals surface area contributed by atoms with Gasteiger partial charge in [-0.15, -0.1) is 0 Å². The Hall–Kier alpha value is -3.27. The lowest BCUT2D eigenvalue weighted by Gasteiger charge is -2.15. The van der Waals surface area contributed by atoms with Gasteiger partial charge in [-0.2, -0.15) is 0 Å². The summed E-state index contributed by atoms with van der Waals surface area (Å²) in [6.45, 7) is 6.04. The monoisotopic (exact) mass is 628 g/mol. The fourth-order valence-electron chi connectivity index (χ4n) is 3.89. The number of benzene rings is 3. The normalized spacial score (nSPS) is 14.2. The van der Waals surface area contributed by atoms with Gasteiger partial charge in [0.15, 0.2) is 11.5 Å². The van der Waals surface area contributed by atoms with Crippen LogP contribution in [0.15, 0.2) is 64.0 Å². The van der Waals surface area contributed by atoms with Crippen molar-refractivity contribution in [2.24, 2.45) is 0 Å². The molecule has 0 aromatic heterocycles. The average molecular weight is 630 g/mol. The molecule has 3 aromatic carbocycles. The molecule has 10 heteroatoms. The van der Waals surface area contributed by atoms with E-state index in [2.05, 4.69) is 21.2 Å². The molecule has 0 radical (unpaired) electrons. The maximum Gasteiger partial charge on any atom is 0.294 e. The van der Waals surface area contributed by atoms with Crippen molar-refractivity contribution in [1.82, 2.24) is 4.90 Å². The molecule has 0 atom stereocenters. The lowest BCUT2D eigenvalue weighted by atomic mass is 10.1. The van der Waals surface area contributed by atoms with E-state index in [-0.39, 0.29) is 11.4 Å². The minimum atomic E-state index is -0.530. The second-order valence-corrected chi connectivity index (χ2v) is 11.1. The van der Waals surface area contributed by atoms with Crippen LogP contribution in [0.2, 0.25) is 5.02 Å². The lowest BCUT2D eigenvalue weighted by molar-refractivity contribution is -0.127. The summed E-state index contributed by atoms with van der Waals surface area (Å²) in [5.74, 6) is 0.0197. The van der Waals surface area contributed by atoms with Gasteiger partial charge in [0.2, 0.25) is 5.91 Å². The molecular formula is C29H26BrClN2O5S. The van der Waals surface area contributed by atoms with E-state index in [1.807, 2.05) is 45.0 Å². The zero-order chi connectivity index (χ0) is 28.1. The third kappa shape index (κ3) is 7.23. The van der Waals surface area contributed by atoms with Gasteiger partial charge in [0.1, 0.15) is 13.2 Å². The number of carbonyl (C=O) groups is 3. The third-order valence-electron chi connectivity index (χ3n) is 5.76. The number of imide groups is 1. The first-order valence-corrected chi connectivity index (χ1v) is 14.1. The molecule has 4 rings (SSSR count). The molecule has 1 heterocycles. The van der Waals surface area contributed by atoms with Crippen LogP contribution in [0, 0.1) is 13.8 Å². The number of hydrogen-bond donors (Lipinski definition) is 1. The number of anilines is 1. The van der Waals surface area contributed by atoms with Crippen molar-refractivity contribution in [3.63, 3.8) is 0 Å². The van der Waals surface area contributed by atoms with Crippen LogP contribution in [-0.2, 0) is 16.2 Å². The van der Waals surface area contributed by atoms with E-state index >= 15 is 0 Å². The summed E-state index contributed by atoms with van der Waals surface area (Å²) in [5.41, 5.74) is 4.18. The minimum Gasteiger partial charge on any atom is -0.490 e. The van der Waals surface area contributed by atoms with E-state index in [9.17, 15) is 14.4 Å². The maximum absolute atomic E-state index is 13.0. The molecule has 3 amide bonds. The molecule has 1 saturated heterocycles. The molecule has 1 aliphatic rings. The number of ether oxygens (including phenoxy) is 2. The quantitative estimate of drug-likeness (QED) is 0.249. The average Bonchev–Trinajstić information content (AvgIpc) is 3.13. The van der Waals surface area contributed by atoms with Crippen molar-refractivity contribution in [2.45, 2.75) is 27.4 Å². The Morgan fingerprint density at radius 1 is 1.08 bits per heavy atom. The van der Waals surface area contributed by atoms with E-state index in [0.717, 1.165) is 33.4 Å². The molecule has 1 aliphatic heterocycles. The molecule has 7 nitrogen and oxygen atoms in total. The topological polar surface area (TPSA) is 84.9 Å². The van der Waals surface area contributed by atoms with Crippen molar-refractivity contribution in [3.8, 4) is 11.5 Å². The van der Waals surface area contributed by atoms with Gasteiger partial charge in [0.05, 0.1) is 16.0 Å². The van der Waals surface area contributed by atoms with Crippen molar-refractivity contribution >= 4 is 68.1 Å². The summed E-state index contributed by atoms with van der Waals surface area (Å²) in [6.07, 6.45) is 1.60. The molecule has 3 aromatic rings. The molecule has 0 spiro atoms. The Labute approximate surface area is 244 Å². The molecule has 1 fully saturated rings. The standard InChI is InChI=1S/C29H26BrClN2O5S/c1-4-37-24-13-20(12-22(30)27(24)38-16-19-6-8-21(31)9-7-19)14-25-28(35)33(29(36)39-25)15-26(34)32-23-10-5-17(2)11-18(23)3/h5-14H,4,15-16H2,1-3H3,(H,32,34)/b25-14+. The third-order valence-corrected chi connectivity index (χ3v) is 7.51. The van der Waals surface area contributed by atoms with Crippen molar-refractivity contribution in [2.75, 3.05) is 18.5 Å². The van der Waals surface area contributed by atoms with Crippen LogP contribution < -0.4 is 14.8 Å². The fourth-order valence-corrected chi connectivity index (χ4v) is 5.42. The van der Waals surface area contributed by atoms with Gasteiger partial charge in [-0.1, -0.05) is 41.4 Å². The van der Waals surface area contributed by atoms with E-state index in [4.69, 9.17) is 21.1 Å². The SMILES string of the molecule is CCOc1cc(/C=C2/SC(=O)N(CC(=O)Nc3ccc(C)cc3C)C2=O)cc(Br)c1OCc1ccc(Cl)cc1. The summed E-state index contributed by atoms with van der Waals surface area (Å²) in [4.78, 5) is 39.4. The molecule has 39 heavy (non-hydrogen) atoms. The first kappa shape index (κ1) is 28.7. The van der Waals surface area contributed by atoms with E-state index in [1.165, 1.54) is 0 Å². The number of amides is 3. The fraction of sp³-hybridized carbons (Fsp3) is 0.207. The van der Waals surface area contributed by atoms with Gasteiger partial charge in [-0.05, 0) is 102 Å². The van der Waals surface area contributed by atoms with Gasteiger partial charge in [-0.25, -0.2) is 0 Å². The van der Waals surface area contributed by atoms with Crippen LogP contribution in [-0.4, -0.2) is 35.1 Å². The number of hydrogen-bond acceptors (Lipinski definition) is 6. The maximum atomic E-state index is 13.0. The first-order chi connectivity index (χ1) is 18.6. The highest BCUT2D eigenvalue weighted by Crippen LogP contribution is 2.39. The van der Waals surface area contributed by atoms with E-state index < -0.39 is 17.1 Å². The Balaban J connectivity index is 1.48. The number of nitrogens with one attached hydrogen (secondary N) is 1. The predicted molar refractivity (Wildman–Crippen MR) is 158 cm³/mol. The Morgan fingerprint density at radius 3 is 2.51 bits per heavy atom. The van der Waals surface area contributed by atoms with Crippen molar-refractivity contribution < 1.29 is 23.9 Å². The van der Waals surface area contributed by atoms with Crippen LogP contribution in [0.1, 0.15) is 29.2 Å². The number of nitrogens with zero attached hydrogens (tertiary/aromatic N) is 1. The molecule has 0 unspecified atom stereocenters. The highest BCUT2D eigenvalue weighted by Gasteiger charge is 2.36. The van der Waals surface area contributed by atoms with Crippen LogP contribution in [0.5, 0.6) is 11.5 Å². The first-order valence-electron chi connectivity index (χ1n) is 12.1. The summed E-state index contributed by atoms with van der Waals surface area (Å²) in [6, 6.07) is 16.5. The van der Waals surface area contributed by atoms with Crippen molar-refractivity contribution in [1.29, 1.82) is 0 Å². The second-order valence-electron chi connectivity index (χ2n) is 8.81. The second kappa shape index (κ2) is 12.7. The summed E-state index contributed by atoms with van der Waals surface area (Å²) >= 11 is 10.3. The molecular weight excluding hydrogens is 604 g/mol. The van der Waals surface area contributed by atoms with Crippen LogP contribution in [0.3, 0.4) is 0 Å². The van der Waals surface area contributed by atoms with Crippen LogP contribution in [0.4, 0.5) is 10.5 Å². The molecule has 0 saturated carbocycles. The number of aryl methyl sites for hydroxylation is 2. The largest absolute Gasteiger partial charge is 0.490 e.